The highest BCUT2D eigenvalue weighted by Gasteiger charge is 2.04. The van der Waals surface area contributed by atoms with Crippen LogP contribution in [0.1, 0.15) is 51.4 Å². The summed E-state index contributed by atoms with van der Waals surface area (Å²) in [5.74, 6) is -0.209. The van der Waals surface area contributed by atoms with Crippen molar-refractivity contribution in [2.75, 3.05) is 19.8 Å². The number of hydrogen-bond acceptors (Lipinski definition) is 4. The molecule has 0 unspecified atom stereocenters. The summed E-state index contributed by atoms with van der Waals surface area (Å²) in [6.45, 7) is 0.987. The molecular formula is C13H24N2O3. The first-order valence-electron chi connectivity index (χ1n) is 6.92. The molecule has 1 aliphatic rings. The largest absolute Gasteiger partial charge is 0.465 e. The van der Waals surface area contributed by atoms with Gasteiger partial charge in [0.05, 0.1) is 19.8 Å². The van der Waals surface area contributed by atoms with Crippen LogP contribution in [0, 0.1) is 0 Å². The quantitative estimate of drug-likeness (QED) is 0.642. The summed E-state index contributed by atoms with van der Waals surface area (Å²) in [6.07, 6.45) is 8.28. The third-order valence-corrected chi connectivity index (χ3v) is 2.99. The molecule has 1 aliphatic heterocycles. The average molecular weight is 256 g/mol. The first-order valence-corrected chi connectivity index (χ1v) is 6.92. The van der Waals surface area contributed by atoms with Gasteiger partial charge in [0, 0.05) is 6.42 Å². The Labute approximate surface area is 109 Å². The van der Waals surface area contributed by atoms with Crippen LogP contribution < -0.4 is 10.6 Å². The molecule has 0 aromatic heterocycles. The van der Waals surface area contributed by atoms with Crippen molar-refractivity contribution in [1.82, 2.24) is 10.6 Å². The minimum absolute atomic E-state index is 0.0444. The lowest BCUT2D eigenvalue weighted by Crippen LogP contribution is -2.36. The molecule has 0 aromatic carbocycles. The van der Waals surface area contributed by atoms with E-state index in [1.54, 1.807) is 0 Å². The van der Waals surface area contributed by atoms with E-state index >= 15 is 0 Å². The molecule has 0 aliphatic carbocycles. The smallest absolute Gasteiger partial charge is 0.319 e. The Hall–Kier alpha value is -1.10. The number of carbonyl (C=O) groups excluding carboxylic acids is 2. The van der Waals surface area contributed by atoms with Gasteiger partial charge in [-0.1, -0.05) is 32.1 Å². The molecule has 0 aromatic rings. The summed E-state index contributed by atoms with van der Waals surface area (Å²) in [5, 5.41) is 5.57. The van der Waals surface area contributed by atoms with E-state index in [0.717, 1.165) is 25.7 Å². The molecule has 1 rings (SSSR count). The number of rotatable bonds is 0. The molecule has 5 nitrogen and oxygen atoms in total. The topological polar surface area (TPSA) is 67.4 Å². The van der Waals surface area contributed by atoms with Gasteiger partial charge in [0.2, 0.25) is 5.91 Å². The molecule has 104 valence electrons. The number of carbonyl (C=O) groups is 2. The summed E-state index contributed by atoms with van der Waals surface area (Å²) >= 11 is 0. The van der Waals surface area contributed by atoms with Gasteiger partial charge >= 0.3 is 5.97 Å². The molecule has 0 saturated carbocycles. The maximum Gasteiger partial charge on any atom is 0.319 e. The first kappa shape index (κ1) is 15.0. The molecule has 0 spiro atoms. The van der Waals surface area contributed by atoms with Crippen LogP contribution in [0.3, 0.4) is 0 Å². The van der Waals surface area contributed by atoms with Crippen LogP contribution in [0.15, 0.2) is 0 Å². The summed E-state index contributed by atoms with van der Waals surface area (Å²) in [5.41, 5.74) is 0. The van der Waals surface area contributed by atoms with Crippen LogP contribution in [0.25, 0.3) is 0 Å². The molecular weight excluding hydrogens is 232 g/mol. The highest BCUT2D eigenvalue weighted by atomic mass is 16.5. The Balaban J connectivity index is 2.22. The van der Waals surface area contributed by atoms with Gasteiger partial charge in [0.1, 0.15) is 0 Å². The average Bonchev–Trinajstić information content (AvgIpc) is 2.35. The van der Waals surface area contributed by atoms with E-state index < -0.39 is 0 Å². The van der Waals surface area contributed by atoms with Crippen molar-refractivity contribution in [2.24, 2.45) is 0 Å². The van der Waals surface area contributed by atoms with Gasteiger partial charge in [-0.3, -0.25) is 14.9 Å². The summed E-state index contributed by atoms with van der Waals surface area (Å²) in [6, 6.07) is 0. The van der Waals surface area contributed by atoms with Gasteiger partial charge in [-0.25, -0.2) is 0 Å². The summed E-state index contributed by atoms with van der Waals surface area (Å²) < 4.78 is 5.06. The lowest BCUT2D eigenvalue weighted by Gasteiger charge is -2.09. The molecule has 18 heavy (non-hydrogen) atoms. The Kier molecular flexibility index (Phi) is 8.21. The van der Waals surface area contributed by atoms with E-state index in [1.165, 1.54) is 19.3 Å². The lowest BCUT2D eigenvalue weighted by atomic mass is 10.1. The number of amides is 1. The van der Waals surface area contributed by atoms with Gasteiger partial charge in [-0.15, -0.1) is 0 Å². The van der Waals surface area contributed by atoms with Crippen molar-refractivity contribution in [1.29, 1.82) is 0 Å². The monoisotopic (exact) mass is 256 g/mol. The molecule has 0 atom stereocenters. The van der Waals surface area contributed by atoms with E-state index in [1.807, 2.05) is 0 Å². The van der Waals surface area contributed by atoms with Crippen molar-refractivity contribution >= 4 is 11.9 Å². The summed E-state index contributed by atoms with van der Waals surface area (Å²) in [4.78, 5) is 22.6. The molecule has 1 fully saturated rings. The highest BCUT2D eigenvalue weighted by Crippen LogP contribution is 2.08. The van der Waals surface area contributed by atoms with Crippen molar-refractivity contribution in [3.8, 4) is 0 Å². The number of nitrogens with one attached hydrogen (secondary N) is 2. The Morgan fingerprint density at radius 1 is 0.889 bits per heavy atom. The van der Waals surface area contributed by atoms with Gasteiger partial charge in [0.15, 0.2) is 0 Å². The molecule has 1 saturated heterocycles. The van der Waals surface area contributed by atoms with Gasteiger partial charge in [-0.05, 0) is 12.8 Å². The van der Waals surface area contributed by atoms with E-state index in [2.05, 4.69) is 10.6 Å². The third-order valence-electron chi connectivity index (χ3n) is 2.99. The fourth-order valence-electron chi connectivity index (χ4n) is 1.92. The van der Waals surface area contributed by atoms with Crippen LogP contribution in [0.5, 0.6) is 0 Å². The van der Waals surface area contributed by atoms with Crippen molar-refractivity contribution in [3.05, 3.63) is 0 Å². The fraction of sp³-hybridized carbons (Fsp3) is 0.846. The van der Waals surface area contributed by atoms with Crippen LogP contribution in [-0.4, -0.2) is 31.7 Å². The standard InChI is InChI=1S/C13H24N2O3/c16-12-8-6-4-2-1-3-5-7-9-18-13(17)10-14-11-15-12/h14H,1-11H2,(H,15,16). The maximum absolute atomic E-state index is 11.4. The van der Waals surface area contributed by atoms with Crippen molar-refractivity contribution in [3.63, 3.8) is 0 Å². The van der Waals surface area contributed by atoms with Crippen LogP contribution >= 0.6 is 0 Å². The third kappa shape index (κ3) is 8.06. The summed E-state index contributed by atoms with van der Waals surface area (Å²) in [7, 11) is 0. The predicted octanol–water partition coefficient (Wildman–Crippen LogP) is 1.33. The number of cyclic esters (lactones) is 1. The van der Waals surface area contributed by atoms with Crippen molar-refractivity contribution in [2.45, 2.75) is 51.4 Å². The Morgan fingerprint density at radius 3 is 2.33 bits per heavy atom. The lowest BCUT2D eigenvalue weighted by molar-refractivity contribution is -0.142. The minimum atomic E-state index is -0.253. The Morgan fingerprint density at radius 2 is 1.56 bits per heavy atom. The highest BCUT2D eigenvalue weighted by molar-refractivity contribution is 5.76. The Bertz CT molecular complexity index is 231. The number of esters is 1. The number of hydrogen-bond donors (Lipinski definition) is 2. The van der Waals surface area contributed by atoms with Gasteiger partial charge in [-0.2, -0.15) is 0 Å². The second-order valence-corrected chi connectivity index (χ2v) is 4.65. The predicted molar refractivity (Wildman–Crippen MR) is 68.9 cm³/mol. The van der Waals surface area contributed by atoms with Crippen LogP contribution in [-0.2, 0) is 14.3 Å². The zero-order valence-electron chi connectivity index (χ0n) is 11.0. The maximum atomic E-state index is 11.4. The zero-order valence-corrected chi connectivity index (χ0v) is 11.0. The van der Waals surface area contributed by atoms with E-state index in [9.17, 15) is 9.59 Å². The molecule has 0 radical (unpaired) electrons. The zero-order chi connectivity index (χ0) is 13.1. The van der Waals surface area contributed by atoms with Gasteiger partial charge < -0.3 is 10.1 Å². The first-order chi connectivity index (χ1) is 8.79. The van der Waals surface area contributed by atoms with Crippen molar-refractivity contribution < 1.29 is 14.3 Å². The SMILES string of the molecule is O=C1CCCCCCCCCOC(=O)CNCN1. The normalized spacial score (nSPS) is 22.0. The van der Waals surface area contributed by atoms with Gasteiger partial charge in [0.25, 0.3) is 0 Å². The number of ether oxygens (including phenoxy) is 1. The van der Waals surface area contributed by atoms with Crippen LogP contribution in [0.4, 0.5) is 0 Å². The van der Waals surface area contributed by atoms with Crippen LogP contribution in [0.2, 0.25) is 0 Å². The molecule has 5 heteroatoms. The molecule has 1 heterocycles. The second-order valence-electron chi connectivity index (χ2n) is 4.65. The second kappa shape index (κ2) is 9.88. The molecule has 1 amide bonds. The minimum Gasteiger partial charge on any atom is -0.465 e. The molecule has 0 bridgehead atoms. The fourth-order valence-corrected chi connectivity index (χ4v) is 1.92. The molecule has 2 N–H and O–H groups in total. The van der Waals surface area contributed by atoms with E-state index in [4.69, 9.17) is 4.74 Å². The van der Waals surface area contributed by atoms with E-state index in [-0.39, 0.29) is 18.4 Å². The van der Waals surface area contributed by atoms with E-state index in [0.29, 0.717) is 19.7 Å².